The Morgan fingerprint density at radius 1 is 1.50 bits per heavy atom. The zero-order chi connectivity index (χ0) is 9.97. The van der Waals surface area contributed by atoms with Crippen molar-refractivity contribution in [2.75, 3.05) is 13.1 Å². The van der Waals surface area contributed by atoms with Gasteiger partial charge in [0, 0.05) is 6.04 Å². The second-order valence-electron chi connectivity index (χ2n) is 3.88. The van der Waals surface area contributed by atoms with E-state index in [0.29, 0.717) is 11.8 Å². The number of benzene rings is 1. The zero-order valence-electron chi connectivity index (χ0n) is 8.61. The Labute approximate surface area is 85.2 Å². The molecule has 1 saturated heterocycles. The Bertz CT molecular complexity index is 311. The number of phenols is 1. The van der Waals surface area contributed by atoms with Gasteiger partial charge in [-0.15, -0.1) is 0 Å². The number of hydrogen-bond acceptors (Lipinski definition) is 2. The molecular weight excluding hydrogens is 174 g/mol. The highest BCUT2D eigenvalue weighted by Gasteiger charge is 2.24. The molecule has 0 aliphatic carbocycles. The maximum absolute atomic E-state index is 9.41. The summed E-state index contributed by atoms with van der Waals surface area (Å²) in [5.41, 5.74) is 1.25. The Morgan fingerprint density at radius 3 is 3.07 bits per heavy atom. The van der Waals surface area contributed by atoms with Crippen LogP contribution in [0.15, 0.2) is 24.3 Å². The molecule has 2 nitrogen and oxygen atoms in total. The van der Waals surface area contributed by atoms with Gasteiger partial charge in [0.15, 0.2) is 0 Å². The van der Waals surface area contributed by atoms with Gasteiger partial charge in [0.05, 0.1) is 0 Å². The fourth-order valence-electron chi connectivity index (χ4n) is 2.31. The van der Waals surface area contributed by atoms with Crippen LogP contribution in [-0.2, 0) is 0 Å². The molecule has 0 aromatic heterocycles. The second-order valence-corrected chi connectivity index (χ2v) is 3.88. The van der Waals surface area contributed by atoms with Crippen LogP contribution in [-0.4, -0.2) is 23.1 Å². The van der Waals surface area contributed by atoms with Crippen LogP contribution in [0.2, 0.25) is 0 Å². The van der Waals surface area contributed by atoms with Crippen molar-refractivity contribution in [2.24, 2.45) is 0 Å². The first kappa shape index (κ1) is 9.53. The van der Waals surface area contributed by atoms with Crippen molar-refractivity contribution in [3.63, 3.8) is 0 Å². The van der Waals surface area contributed by atoms with Crippen molar-refractivity contribution in [3.8, 4) is 5.75 Å². The van der Waals surface area contributed by atoms with Gasteiger partial charge in [-0.2, -0.15) is 0 Å². The second kappa shape index (κ2) is 4.01. The van der Waals surface area contributed by atoms with E-state index in [1.54, 1.807) is 6.07 Å². The summed E-state index contributed by atoms with van der Waals surface area (Å²) in [6, 6.07) is 8.18. The quantitative estimate of drug-likeness (QED) is 0.776. The van der Waals surface area contributed by atoms with Crippen LogP contribution in [0, 0.1) is 0 Å². The minimum atomic E-state index is 0.380. The molecule has 1 heterocycles. The Morgan fingerprint density at radius 2 is 2.36 bits per heavy atom. The molecule has 1 unspecified atom stereocenters. The molecule has 0 spiro atoms. The summed E-state index contributed by atoms with van der Waals surface area (Å²) in [7, 11) is 0. The summed E-state index contributed by atoms with van der Waals surface area (Å²) < 4.78 is 0. The number of nitrogens with zero attached hydrogens (tertiary/aromatic N) is 1. The van der Waals surface area contributed by atoms with E-state index in [-0.39, 0.29) is 0 Å². The monoisotopic (exact) mass is 191 g/mol. The molecule has 0 saturated carbocycles. The first-order valence-electron chi connectivity index (χ1n) is 5.34. The summed E-state index contributed by atoms with van der Waals surface area (Å²) in [4.78, 5) is 2.47. The van der Waals surface area contributed by atoms with Gasteiger partial charge in [0.1, 0.15) is 5.75 Å². The largest absolute Gasteiger partial charge is 0.508 e. The van der Waals surface area contributed by atoms with Gasteiger partial charge in [0.2, 0.25) is 0 Å². The maximum atomic E-state index is 9.41. The standard InChI is InChI=1S/C12H17NO/c1-2-13-8-4-7-12(13)10-5-3-6-11(14)9-10/h3,5-6,9,12,14H,2,4,7-8H2,1H3. The third kappa shape index (κ3) is 1.75. The molecule has 1 aromatic carbocycles. The predicted molar refractivity (Wildman–Crippen MR) is 57.3 cm³/mol. The number of phenolic OH excluding ortho intramolecular Hbond substituents is 1. The normalized spacial score (nSPS) is 22.8. The highest BCUT2D eigenvalue weighted by Crippen LogP contribution is 2.32. The predicted octanol–water partition coefficient (Wildman–Crippen LogP) is 2.55. The van der Waals surface area contributed by atoms with Crippen molar-refractivity contribution < 1.29 is 5.11 Å². The van der Waals surface area contributed by atoms with E-state index in [1.165, 1.54) is 24.9 Å². The third-order valence-electron chi connectivity index (χ3n) is 3.02. The van der Waals surface area contributed by atoms with Gasteiger partial charge in [-0.1, -0.05) is 19.1 Å². The lowest BCUT2D eigenvalue weighted by molar-refractivity contribution is 0.271. The van der Waals surface area contributed by atoms with Crippen molar-refractivity contribution in [1.82, 2.24) is 4.90 Å². The Kier molecular flexibility index (Phi) is 2.73. The SMILES string of the molecule is CCN1CCCC1c1cccc(O)c1. The first-order valence-corrected chi connectivity index (χ1v) is 5.34. The lowest BCUT2D eigenvalue weighted by Crippen LogP contribution is -2.22. The summed E-state index contributed by atoms with van der Waals surface area (Å²) >= 11 is 0. The van der Waals surface area contributed by atoms with Gasteiger partial charge in [-0.05, 0) is 43.6 Å². The minimum Gasteiger partial charge on any atom is -0.508 e. The minimum absolute atomic E-state index is 0.380. The van der Waals surface area contributed by atoms with E-state index < -0.39 is 0 Å². The average molecular weight is 191 g/mol. The molecule has 0 amide bonds. The van der Waals surface area contributed by atoms with Crippen LogP contribution in [0.4, 0.5) is 0 Å². The van der Waals surface area contributed by atoms with Crippen LogP contribution >= 0.6 is 0 Å². The molecule has 0 bridgehead atoms. The molecule has 14 heavy (non-hydrogen) atoms. The average Bonchev–Trinajstić information content (AvgIpc) is 2.65. The van der Waals surface area contributed by atoms with Gasteiger partial charge in [-0.3, -0.25) is 4.90 Å². The molecule has 1 N–H and O–H groups in total. The molecule has 2 heteroatoms. The van der Waals surface area contributed by atoms with Gasteiger partial charge in [-0.25, -0.2) is 0 Å². The highest BCUT2D eigenvalue weighted by atomic mass is 16.3. The zero-order valence-corrected chi connectivity index (χ0v) is 8.61. The van der Waals surface area contributed by atoms with Crippen LogP contribution < -0.4 is 0 Å². The molecule has 0 radical (unpaired) electrons. The van der Waals surface area contributed by atoms with Crippen LogP contribution in [0.3, 0.4) is 0 Å². The van der Waals surface area contributed by atoms with Gasteiger partial charge >= 0.3 is 0 Å². The number of aromatic hydroxyl groups is 1. The number of likely N-dealkylation sites (tertiary alicyclic amines) is 1. The maximum Gasteiger partial charge on any atom is 0.115 e. The molecule has 1 aliphatic heterocycles. The van der Waals surface area contributed by atoms with E-state index in [1.807, 2.05) is 12.1 Å². The van der Waals surface area contributed by atoms with Crippen molar-refractivity contribution in [2.45, 2.75) is 25.8 Å². The molecule has 1 atom stereocenters. The van der Waals surface area contributed by atoms with Crippen molar-refractivity contribution >= 4 is 0 Å². The van der Waals surface area contributed by atoms with E-state index in [0.717, 1.165) is 6.54 Å². The third-order valence-corrected chi connectivity index (χ3v) is 3.02. The summed E-state index contributed by atoms with van der Waals surface area (Å²) in [6.45, 7) is 4.48. The number of hydrogen-bond donors (Lipinski definition) is 1. The van der Waals surface area contributed by atoms with Crippen molar-refractivity contribution in [1.29, 1.82) is 0 Å². The van der Waals surface area contributed by atoms with Gasteiger partial charge < -0.3 is 5.11 Å². The van der Waals surface area contributed by atoms with Crippen molar-refractivity contribution in [3.05, 3.63) is 29.8 Å². The smallest absolute Gasteiger partial charge is 0.115 e. The lowest BCUT2D eigenvalue weighted by atomic mass is 10.0. The topological polar surface area (TPSA) is 23.5 Å². The summed E-state index contributed by atoms with van der Waals surface area (Å²) in [5.74, 6) is 0.380. The highest BCUT2D eigenvalue weighted by molar-refractivity contribution is 5.29. The van der Waals surface area contributed by atoms with E-state index in [4.69, 9.17) is 0 Å². The molecule has 1 aromatic rings. The van der Waals surface area contributed by atoms with E-state index >= 15 is 0 Å². The molecular formula is C12H17NO. The van der Waals surface area contributed by atoms with E-state index in [9.17, 15) is 5.11 Å². The Hall–Kier alpha value is -1.02. The van der Waals surface area contributed by atoms with Crippen LogP contribution in [0.25, 0.3) is 0 Å². The summed E-state index contributed by atoms with van der Waals surface area (Å²) in [6.07, 6.45) is 2.49. The van der Waals surface area contributed by atoms with Crippen LogP contribution in [0.5, 0.6) is 5.75 Å². The fourth-order valence-corrected chi connectivity index (χ4v) is 2.31. The van der Waals surface area contributed by atoms with Gasteiger partial charge in [0.25, 0.3) is 0 Å². The molecule has 1 aliphatic rings. The lowest BCUT2D eigenvalue weighted by Gasteiger charge is -2.23. The first-order chi connectivity index (χ1) is 6.81. The number of rotatable bonds is 2. The summed E-state index contributed by atoms with van der Waals surface area (Å²) in [5, 5.41) is 9.41. The molecule has 2 rings (SSSR count). The molecule has 1 fully saturated rings. The van der Waals surface area contributed by atoms with Crippen LogP contribution in [0.1, 0.15) is 31.4 Å². The molecule has 76 valence electrons. The Balaban J connectivity index is 2.21. The van der Waals surface area contributed by atoms with E-state index in [2.05, 4.69) is 17.9 Å². The fraction of sp³-hybridized carbons (Fsp3) is 0.500.